The predicted octanol–water partition coefficient (Wildman–Crippen LogP) is 5.97. The van der Waals surface area contributed by atoms with Crippen LogP contribution in [0.3, 0.4) is 0 Å². The average molecular weight is 590 g/mol. The van der Waals surface area contributed by atoms with E-state index in [1.807, 2.05) is 25.1 Å². The number of hydrazone groups is 1. The molecule has 0 aliphatic carbocycles. The standard InChI is InChI=1S/C31H28ClN3O5S/c1-21-8-14-26(32)19-28(21)35(41(37,38)27-6-4-3-5-7-27)20-23-9-11-24(12-10-23)31(36)34-33-22(2)25-13-15-29-30(18-25)40-17-16-39-29/h3-15,18-19H,16-17,20H2,1-2H3,(H,34,36)/b33-22+. The maximum atomic E-state index is 13.7. The number of nitrogens with zero attached hydrogens (tertiary/aromatic N) is 2. The molecule has 1 heterocycles. The van der Waals surface area contributed by atoms with E-state index in [4.69, 9.17) is 21.1 Å². The highest BCUT2D eigenvalue weighted by molar-refractivity contribution is 7.92. The molecule has 5 rings (SSSR count). The smallest absolute Gasteiger partial charge is 0.271 e. The van der Waals surface area contributed by atoms with Gasteiger partial charge < -0.3 is 9.47 Å². The summed E-state index contributed by atoms with van der Waals surface area (Å²) in [5, 5.41) is 4.66. The highest BCUT2D eigenvalue weighted by Gasteiger charge is 2.26. The first-order valence-electron chi connectivity index (χ1n) is 12.9. The quantitative estimate of drug-likeness (QED) is 0.202. The van der Waals surface area contributed by atoms with Gasteiger partial charge in [-0.05, 0) is 79.6 Å². The maximum Gasteiger partial charge on any atom is 0.271 e. The SMILES string of the molecule is C/C(=N\NC(=O)c1ccc(CN(c2cc(Cl)ccc2C)S(=O)(=O)c2ccccc2)cc1)c1ccc2c(c1)OCCO2. The van der Waals surface area contributed by atoms with Crippen LogP contribution < -0.4 is 19.2 Å². The lowest BCUT2D eigenvalue weighted by molar-refractivity contribution is 0.0955. The van der Waals surface area contributed by atoms with Crippen molar-refractivity contribution in [1.29, 1.82) is 0 Å². The number of sulfonamides is 1. The number of amides is 1. The van der Waals surface area contributed by atoms with E-state index in [0.29, 0.717) is 52.3 Å². The van der Waals surface area contributed by atoms with Gasteiger partial charge in [0.2, 0.25) is 0 Å². The summed E-state index contributed by atoms with van der Waals surface area (Å²) in [5.74, 6) is 0.923. The number of carbonyl (C=O) groups is 1. The Bertz CT molecular complexity index is 1710. The van der Waals surface area contributed by atoms with Gasteiger partial charge in [0.1, 0.15) is 13.2 Å². The van der Waals surface area contributed by atoms with E-state index in [9.17, 15) is 13.2 Å². The molecule has 0 aromatic heterocycles. The van der Waals surface area contributed by atoms with Crippen molar-refractivity contribution < 1.29 is 22.7 Å². The van der Waals surface area contributed by atoms with Crippen molar-refractivity contribution in [2.24, 2.45) is 5.10 Å². The van der Waals surface area contributed by atoms with E-state index in [2.05, 4.69) is 10.5 Å². The van der Waals surface area contributed by atoms with Gasteiger partial charge in [-0.2, -0.15) is 5.10 Å². The van der Waals surface area contributed by atoms with Crippen LogP contribution in [-0.2, 0) is 16.6 Å². The first kappa shape index (κ1) is 28.2. The molecule has 0 saturated carbocycles. The van der Waals surface area contributed by atoms with Crippen LogP contribution in [0.25, 0.3) is 0 Å². The Morgan fingerprint density at radius 3 is 2.32 bits per heavy atom. The molecule has 0 fully saturated rings. The van der Waals surface area contributed by atoms with Crippen molar-refractivity contribution in [2.45, 2.75) is 25.3 Å². The van der Waals surface area contributed by atoms with Crippen LogP contribution in [0.2, 0.25) is 5.02 Å². The summed E-state index contributed by atoms with van der Waals surface area (Å²) in [5.41, 5.74) is 6.28. The lowest BCUT2D eigenvalue weighted by Gasteiger charge is -2.26. The monoisotopic (exact) mass is 589 g/mol. The fourth-order valence-electron chi connectivity index (χ4n) is 4.33. The fourth-order valence-corrected chi connectivity index (χ4v) is 6.03. The number of hydrogen-bond donors (Lipinski definition) is 1. The van der Waals surface area contributed by atoms with E-state index in [1.165, 1.54) is 4.31 Å². The van der Waals surface area contributed by atoms with Crippen LogP contribution in [0.4, 0.5) is 5.69 Å². The molecule has 0 bridgehead atoms. The second-order valence-electron chi connectivity index (χ2n) is 9.45. The molecule has 0 spiro atoms. The minimum Gasteiger partial charge on any atom is -0.486 e. The number of fused-ring (bicyclic) bond motifs is 1. The van der Waals surface area contributed by atoms with Crippen LogP contribution in [-0.4, -0.2) is 33.3 Å². The molecule has 1 N–H and O–H groups in total. The Hall–Kier alpha value is -4.34. The van der Waals surface area contributed by atoms with Gasteiger partial charge in [-0.3, -0.25) is 9.10 Å². The van der Waals surface area contributed by atoms with Gasteiger partial charge in [0.15, 0.2) is 11.5 Å². The lowest BCUT2D eigenvalue weighted by Crippen LogP contribution is -2.31. The molecule has 0 atom stereocenters. The molecular weight excluding hydrogens is 562 g/mol. The van der Waals surface area contributed by atoms with Gasteiger partial charge in [-0.1, -0.05) is 48.0 Å². The van der Waals surface area contributed by atoms with Gasteiger partial charge >= 0.3 is 0 Å². The summed E-state index contributed by atoms with van der Waals surface area (Å²) in [6, 6.07) is 25.6. The third-order valence-corrected chi connectivity index (χ3v) is 8.61. The zero-order valence-corrected chi connectivity index (χ0v) is 24.1. The van der Waals surface area contributed by atoms with Crippen LogP contribution in [0.1, 0.15) is 34.0 Å². The number of hydrogen-bond acceptors (Lipinski definition) is 6. The number of rotatable bonds is 8. The normalized spacial score (nSPS) is 13.0. The van der Waals surface area contributed by atoms with Crippen molar-refractivity contribution in [1.82, 2.24) is 5.43 Å². The first-order chi connectivity index (χ1) is 19.7. The molecule has 1 amide bonds. The molecule has 4 aromatic carbocycles. The summed E-state index contributed by atoms with van der Waals surface area (Å²) >= 11 is 6.25. The highest BCUT2D eigenvalue weighted by atomic mass is 35.5. The minimum absolute atomic E-state index is 0.0433. The molecule has 1 aliphatic rings. The second-order valence-corrected chi connectivity index (χ2v) is 11.7. The third-order valence-electron chi connectivity index (χ3n) is 6.60. The van der Waals surface area contributed by atoms with Gasteiger partial charge in [-0.25, -0.2) is 13.8 Å². The third kappa shape index (κ3) is 6.37. The van der Waals surface area contributed by atoms with Crippen LogP contribution in [0.5, 0.6) is 11.5 Å². The van der Waals surface area contributed by atoms with E-state index in [1.54, 1.807) is 79.7 Å². The Balaban J connectivity index is 1.34. The zero-order valence-electron chi connectivity index (χ0n) is 22.5. The number of ether oxygens (including phenoxy) is 2. The fraction of sp³-hybridized carbons (Fsp3) is 0.161. The summed E-state index contributed by atoms with van der Waals surface area (Å²) < 4.78 is 39.9. The zero-order chi connectivity index (χ0) is 29.0. The molecule has 210 valence electrons. The maximum absolute atomic E-state index is 13.7. The molecule has 41 heavy (non-hydrogen) atoms. The Kier molecular flexibility index (Phi) is 8.28. The van der Waals surface area contributed by atoms with Gasteiger partial charge in [0, 0.05) is 16.1 Å². The van der Waals surface area contributed by atoms with Crippen LogP contribution in [0, 0.1) is 6.92 Å². The average Bonchev–Trinajstić information content (AvgIpc) is 3.00. The Labute approximate surface area is 244 Å². The number of halogens is 1. The molecule has 0 radical (unpaired) electrons. The molecule has 4 aromatic rings. The van der Waals surface area contributed by atoms with Crippen LogP contribution in [0.15, 0.2) is 101 Å². The van der Waals surface area contributed by atoms with Crippen molar-refractivity contribution in [2.75, 3.05) is 17.5 Å². The molecule has 0 unspecified atom stereocenters. The highest BCUT2D eigenvalue weighted by Crippen LogP contribution is 2.32. The predicted molar refractivity (Wildman–Crippen MR) is 160 cm³/mol. The number of benzene rings is 4. The van der Waals surface area contributed by atoms with Gasteiger partial charge in [0.25, 0.3) is 15.9 Å². The number of anilines is 1. The molecular formula is C31H28ClN3O5S. The van der Waals surface area contributed by atoms with Crippen LogP contribution >= 0.6 is 11.6 Å². The summed E-state index contributed by atoms with van der Waals surface area (Å²) in [6.45, 7) is 4.65. The molecule has 0 saturated heterocycles. The summed E-state index contributed by atoms with van der Waals surface area (Å²) in [4.78, 5) is 13.0. The van der Waals surface area contributed by atoms with Crippen molar-refractivity contribution in [3.8, 4) is 11.5 Å². The molecule has 8 nitrogen and oxygen atoms in total. The Morgan fingerprint density at radius 2 is 1.59 bits per heavy atom. The van der Waals surface area contributed by atoms with Crippen molar-refractivity contribution in [3.05, 3.63) is 118 Å². The Morgan fingerprint density at radius 1 is 0.902 bits per heavy atom. The van der Waals surface area contributed by atoms with E-state index < -0.39 is 15.9 Å². The number of nitrogens with one attached hydrogen (secondary N) is 1. The summed E-state index contributed by atoms with van der Waals surface area (Å²) in [6.07, 6.45) is 0. The molecule has 1 aliphatic heterocycles. The molecule has 10 heteroatoms. The summed E-state index contributed by atoms with van der Waals surface area (Å²) in [7, 11) is -3.91. The second kappa shape index (κ2) is 12.0. The first-order valence-corrected chi connectivity index (χ1v) is 14.7. The lowest BCUT2D eigenvalue weighted by atomic mass is 10.1. The minimum atomic E-state index is -3.91. The van der Waals surface area contributed by atoms with Gasteiger partial charge in [0.05, 0.1) is 22.8 Å². The number of aryl methyl sites for hydroxylation is 1. The van der Waals surface area contributed by atoms with Crippen molar-refractivity contribution in [3.63, 3.8) is 0 Å². The van der Waals surface area contributed by atoms with E-state index >= 15 is 0 Å². The number of carbonyl (C=O) groups excluding carboxylic acids is 1. The van der Waals surface area contributed by atoms with Crippen molar-refractivity contribution >= 4 is 38.9 Å². The van der Waals surface area contributed by atoms with E-state index in [-0.39, 0.29) is 11.4 Å². The van der Waals surface area contributed by atoms with Gasteiger partial charge in [-0.15, -0.1) is 0 Å². The topological polar surface area (TPSA) is 97.3 Å². The largest absolute Gasteiger partial charge is 0.486 e. The van der Waals surface area contributed by atoms with E-state index in [0.717, 1.165) is 11.1 Å².